The van der Waals surface area contributed by atoms with Crippen LogP contribution in [0.25, 0.3) is 0 Å². The van der Waals surface area contributed by atoms with Gasteiger partial charge in [-0.2, -0.15) is 0 Å². The second-order valence-corrected chi connectivity index (χ2v) is 7.69. The quantitative estimate of drug-likeness (QED) is 0.866. The molecule has 0 radical (unpaired) electrons. The lowest BCUT2D eigenvalue weighted by Gasteiger charge is -2.31. The highest BCUT2D eigenvalue weighted by Crippen LogP contribution is 2.21. The summed E-state index contributed by atoms with van der Waals surface area (Å²) in [4.78, 5) is 16.2. The van der Waals surface area contributed by atoms with Crippen LogP contribution in [-0.2, 0) is 14.8 Å². The lowest BCUT2D eigenvalue weighted by Crippen LogP contribution is -2.44. The van der Waals surface area contributed by atoms with Gasteiger partial charge in [0.1, 0.15) is 0 Å². The number of unbranched alkanes of at least 4 members (excludes halogenated alkanes) is 1. The highest BCUT2D eigenvalue weighted by atomic mass is 32.2. The van der Waals surface area contributed by atoms with E-state index >= 15 is 0 Å². The Kier molecular flexibility index (Phi) is 5.90. The number of nitrogens with one attached hydrogen (secondary N) is 1. The predicted octanol–water partition coefficient (Wildman–Crippen LogP) is 1.86. The van der Waals surface area contributed by atoms with Crippen molar-refractivity contribution in [3.8, 4) is 0 Å². The fourth-order valence-corrected chi connectivity index (χ4v) is 4.27. The molecule has 7 heteroatoms. The molecule has 1 fully saturated rings. The van der Waals surface area contributed by atoms with Gasteiger partial charge in [-0.1, -0.05) is 13.3 Å². The Morgan fingerprint density at radius 1 is 1.50 bits per heavy atom. The van der Waals surface area contributed by atoms with Crippen LogP contribution in [0, 0.1) is 5.92 Å². The molecule has 22 heavy (non-hydrogen) atoms. The van der Waals surface area contributed by atoms with Gasteiger partial charge in [-0.15, -0.1) is 0 Å². The van der Waals surface area contributed by atoms with E-state index in [0.29, 0.717) is 25.1 Å². The number of pyridine rings is 1. The molecule has 0 unspecified atom stereocenters. The summed E-state index contributed by atoms with van der Waals surface area (Å²) in [7, 11) is -3.24. The Morgan fingerprint density at radius 2 is 2.32 bits per heavy atom. The van der Waals surface area contributed by atoms with Crippen molar-refractivity contribution < 1.29 is 13.2 Å². The Morgan fingerprint density at radius 3 is 3.00 bits per heavy atom. The van der Waals surface area contributed by atoms with Gasteiger partial charge in [0.2, 0.25) is 15.9 Å². The molecule has 1 aliphatic rings. The van der Waals surface area contributed by atoms with E-state index in [1.165, 1.54) is 4.31 Å². The predicted molar refractivity (Wildman–Crippen MR) is 85.9 cm³/mol. The Balaban J connectivity index is 1.96. The number of rotatable bonds is 6. The standard InChI is InChI=1S/C15H23N3O3S/c1-2-3-10-22(20,21)18-9-5-6-13(12-18)15(19)17-14-7-4-8-16-11-14/h4,7-8,11,13H,2-3,5-6,9-10,12H2,1H3,(H,17,19)/t13-/m1/s1. The highest BCUT2D eigenvalue weighted by molar-refractivity contribution is 7.89. The molecule has 1 saturated heterocycles. The molecule has 0 spiro atoms. The molecule has 0 aromatic carbocycles. The van der Waals surface area contributed by atoms with E-state index in [9.17, 15) is 13.2 Å². The first-order valence-corrected chi connectivity index (χ1v) is 9.32. The second-order valence-electron chi connectivity index (χ2n) is 5.60. The number of carbonyl (C=O) groups is 1. The molecular formula is C15H23N3O3S. The van der Waals surface area contributed by atoms with Crippen LogP contribution in [0.15, 0.2) is 24.5 Å². The maximum Gasteiger partial charge on any atom is 0.228 e. The molecule has 1 atom stereocenters. The summed E-state index contributed by atoms with van der Waals surface area (Å²) in [5, 5.41) is 2.80. The zero-order valence-corrected chi connectivity index (χ0v) is 13.7. The van der Waals surface area contributed by atoms with E-state index in [0.717, 1.165) is 12.8 Å². The molecule has 1 aliphatic heterocycles. The topological polar surface area (TPSA) is 79.4 Å². The van der Waals surface area contributed by atoms with Gasteiger partial charge >= 0.3 is 0 Å². The average molecular weight is 325 g/mol. The van der Waals surface area contributed by atoms with Crippen molar-refractivity contribution in [2.24, 2.45) is 5.92 Å². The monoisotopic (exact) mass is 325 g/mol. The summed E-state index contributed by atoms with van der Waals surface area (Å²) in [6.45, 7) is 2.76. The smallest absolute Gasteiger partial charge is 0.228 e. The first-order valence-electron chi connectivity index (χ1n) is 7.71. The summed E-state index contributed by atoms with van der Waals surface area (Å²) in [6, 6.07) is 3.52. The third-order valence-corrected chi connectivity index (χ3v) is 5.76. The van der Waals surface area contributed by atoms with Crippen molar-refractivity contribution in [2.45, 2.75) is 32.6 Å². The molecule has 0 saturated carbocycles. The van der Waals surface area contributed by atoms with Crippen molar-refractivity contribution in [3.05, 3.63) is 24.5 Å². The lowest BCUT2D eigenvalue weighted by atomic mass is 9.99. The minimum absolute atomic E-state index is 0.136. The van der Waals surface area contributed by atoms with Crippen molar-refractivity contribution >= 4 is 21.6 Å². The second kappa shape index (κ2) is 7.69. The van der Waals surface area contributed by atoms with E-state index in [1.54, 1.807) is 24.5 Å². The third-order valence-electron chi connectivity index (χ3n) is 3.83. The molecule has 0 bridgehead atoms. The molecule has 0 aliphatic carbocycles. The summed E-state index contributed by atoms with van der Waals surface area (Å²) in [5.41, 5.74) is 0.637. The Bertz CT molecular complexity index is 589. The van der Waals surface area contributed by atoms with Crippen molar-refractivity contribution in [1.29, 1.82) is 0 Å². The largest absolute Gasteiger partial charge is 0.324 e. The molecule has 1 amide bonds. The first kappa shape index (κ1) is 16.9. The van der Waals surface area contributed by atoms with Crippen molar-refractivity contribution in [2.75, 3.05) is 24.2 Å². The van der Waals surface area contributed by atoms with Gasteiger partial charge in [-0.3, -0.25) is 9.78 Å². The fourth-order valence-electron chi connectivity index (χ4n) is 2.55. The van der Waals surface area contributed by atoms with E-state index in [4.69, 9.17) is 0 Å². The van der Waals surface area contributed by atoms with Gasteiger partial charge in [-0.05, 0) is 31.4 Å². The van der Waals surface area contributed by atoms with Crippen LogP contribution in [0.2, 0.25) is 0 Å². The Hall–Kier alpha value is -1.47. The van der Waals surface area contributed by atoms with E-state index in [2.05, 4.69) is 10.3 Å². The lowest BCUT2D eigenvalue weighted by molar-refractivity contribution is -0.120. The van der Waals surface area contributed by atoms with Gasteiger partial charge in [-0.25, -0.2) is 12.7 Å². The number of piperidine rings is 1. The normalized spacial score (nSPS) is 19.8. The van der Waals surface area contributed by atoms with Gasteiger partial charge in [0, 0.05) is 19.3 Å². The average Bonchev–Trinajstić information content (AvgIpc) is 2.54. The molecular weight excluding hydrogens is 302 g/mol. The Labute approximate surface area is 132 Å². The molecule has 1 N–H and O–H groups in total. The number of amides is 1. The minimum atomic E-state index is -3.24. The summed E-state index contributed by atoms with van der Waals surface area (Å²) in [6.07, 6.45) is 6.15. The van der Waals surface area contributed by atoms with Gasteiger partial charge < -0.3 is 5.32 Å². The number of anilines is 1. The number of hydrogen-bond donors (Lipinski definition) is 1. The summed E-state index contributed by atoms with van der Waals surface area (Å²) < 4.78 is 26.0. The van der Waals surface area contributed by atoms with Crippen LogP contribution in [0.4, 0.5) is 5.69 Å². The van der Waals surface area contributed by atoms with Gasteiger partial charge in [0.05, 0.1) is 23.6 Å². The highest BCUT2D eigenvalue weighted by Gasteiger charge is 2.31. The maximum atomic E-state index is 12.3. The maximum absolute atomic E-state index is 12.3. The van der Waals surface area contributed by atoms with Crippen LogP contribution in [0.5, 0.6) is 0 Å². The number of nitrogens with zero attached hydrogens (tertiary/aromatic N) is 2. The number of sulfonamides is 1. The van der Waals surface area contributed by atoms with Crippen LogP contribution >= 0.6 is 0 Å². The molecule has 1 aromatic heterocycles. The zero-order chi connectivity index (χ0) is 16.0. The third kappa shape index (κ3) is 4.51. The van der Waals surface area contributed by atoms with Crippen LogP contribution in [-0.4, -0.2) is 42.5 Å². The fraction of sp³-hybridized carbons (Fsp3) is 0.600. The number of hydrogen-bond acceptors (Lipinski definition) is 4. The van der Waals surface area contributed by atoms with Crippen LogP contribution in [0.3, 0.4) is 0 Å². The van der Waals surface area contributed by atoms with Gasteiger partial charge in [0.25, 0.3) is 0 Å². The number of aromatic nitrogens is 1. The molecule has 122 valence electrons. The van der Waals surface area contributed by atoms with Crippen molar-refractivity contribution in [1.82, 2.24) is 9.29 Å². The molecule has 6 nitrogen and oxygen atoms in total. The van der Waals surface area contributed by atoms with Crippen molar-refractivity contribution in [3.63, 3.8) is 0 Å². The van der Waals surface area contributed by atoms with E-state index in [1.807, 2.05) is 6.92 Å². The SMILES string of the molecule is CCCCS(=O)(=O)N1CCC[C@@H](C(=O)Nc2cccnc2)C1. The van der Waals surface area contributed by atoms with Crippen LogP contribution in [0.1, 0.15) is 32.6 Å². The molecule has 2 heterocycles. The zero-order valence-electron chi connectivity index (χ0n) is 12.9. The molecule has 2 rings (SSSR count). The van der Waals surface area contributed by atoms with E-state index < -0.39 is 10.0 Å². The number of carbonyl (C=O) groups excluding carboxylic acids is 1. The summed E-state index contributed by atoms with van der Waals surface area (Å²) >= 11 is 0. The first-order chi connectivity index (χ1) is 10.5. The molecule has 1 aromatic rings. The summed E-state index contributed by atoms with van der Waals surface area (Å²) in [5.74, 6) is -0.269. The van der Waals surface area contributed by atoms with Crippen LogP contribution < -0.4 is 5.32 Å². The van der Waals surface area contributed by atoms with Gasteiger partial charge in [0.15, 0.2) is 0 Å². The van der Waals surface area contributed by atoms with E-state index in [-0.39, 0.29) is 24.1 Å². The minimum Gasteiger partial charge on any atom is -0.324 e.